The summed E-state index contributed by atoms with van der Waals surface area (Å²) in [6.07, 6.45) is 3.37. The van der Waals surface area contributed by atoms with Crippen molar-refractivity contribution in [2.24, 2.45) is 12.0 Å². The highest BCUT2D eigenvalue weighted by Crippen LogP contribution is 2.20. The zero-order valence-corrected chi connectivity index (χ0v) is 14.6. The maximum atomic E-state index is 13.7. The van der Waals surface area contributed by atoms with Crippen LogP contribution in [0.15, 0.2) is 47.5 Å². The Kier molecular flexibility index (Phi) is 4.90. The van der Waals surface area contributed by atoms with Crippen LogP contribution in [0.4, 0.5) is 4.39 Å². The lowest BCUT2D eigenvalue weighted by Gasteiger charge is -2.00. The van der Waals surface area contributed by atoms with Gasteiger partial charge >= 0.3 is 0 Å². The van der Waals surface area contributed by atoms with E-state index in [1.807, 2.05) is 11.6 Å². The quantitative estimate of drug-likeness (QED) is 0.689. The van der Waals surface area contributed by atoms with Gasteiger partial charge in [0.1, 0.15) is 5.82 Å². The van der Waals surface area contributed by atoms with Gasteiger partial charge in [-0.05, 0) is 42.7 Å². The number of carbonyl (C=O) groups is 1. The first-order valence-electron chi connectivity index (χ1n) is 8.02. The van der Waals surface area contributed by atoms with Crippen LogP contribution < -0.4 is 4.80 Å². The molecule has 124 valence electrons. The summed E-state index contributed by atoms with van der Waals surface area (Å²) in [5.41, 5.74) is 2.32. The zero-order valence-electron chi connectivity index (χ0n) is 13.8. The lowest BCUT2D eigenvalue weighted by atomic mass is 10.1. The number of aromatic nitrogens is 1. The second kappa shape index (κ2) is 7.09. The van der Waals surface area contributed by atoms with Gasteiger partial charge in [-0.1, -0.05) is 42.9 Å². The fraction of sp³-hybridized carbons (Fsp3) is 0.263. The number of nitrogens with zero attached hydrogens (tertiary/aromatic N) is 2. The van der Waals surface area contributed by atoms with Gasteiger partial charge in [-0.25, -0.2) is 4.39 Å². The van der Waals surface area contributed by atoms with Gasteiger partial charge < -0.3 is 4.57 Å². The Morgan fingerprint density at radius 2 is 2.04 bits per heavy atom. The molecule has 2 aromatic carbocycles. The number of hydrogen-bond acceptors (Lipinski definition) is 2. The number of aryl methyl sites for hydroxylation is 2. The monoisotopic (exact) mass is 342 g/mol. The molecule has 5 heteroatoms. The molecule has 0 spiro atoms. The number of unbranched alkanes of at least 4 members (excludes halogenated alkanes) is 1. The molecule has 3 nitrogen and oxygen atoms in total. The third-order valence-electron chi connectivity index (χ3n) is 3.99. The second-order valence-electron chi connectivity index (χ2n) is 5.75. The number of thiazole rings is 1. The van der Waals surface area contributed by atoms with Crippen LogP contribution in [0.1, 0.15) is 35.7 Å². The fourth-order valence-electron chi connectivity index (χ4n) is 2.60. The molecule has 0 bridgehead atoms. The maximum absolute atomic E-state index is 13.7. The lowest BCUT2D eigenvalue weighted by molar-refractivity contribution is 0.0994. The van der Waals surface area contributed by atoms with E-state index >= 15 is 0 Å². The highest BCUT2D eigenvalue weighted by Gasteiger charge is 2.11. The molecule has 3 rings (SSSR count). The Labute approximate surface area is 144 Å². The Balaban J connectivity index is 2.01. The standard InChI is InChI=1S/C19H19FN2OS/c1-3-4-7-13-10-11-16-17(12-13)24-19(22(16)2)21-18(23)14-8-5-6-9-15(14)20/h5-6,8-12H,3-4,7H2,1-2H3. The number of carbonyl (C=O) groups excluding carboxylic acids is 1. The third-order valence-corrected chi connectivity index (χ3v) is 5.09. The first-order chi connectivity index (χ1) is 11.6. The second-order valence-corrected chi connectivity index (χ2v) is 6.76. The number of halogens is 1. The average molecular weight is 342 g/mol. The molecule has 0 radical (unpaired) electrons. The smallest absolute Gasteiger partial charge is 0.282 e. The van der Waals surface area contributed by atoms with Crippen molar-refractivity contribution in [2.75, 3.05) is 0 Å². The van der Waals surface area contributed by atoms with E-state index in [1.165, 1.54) is 29.0 Å². The maximum Gasteiger partial charge on any atom is 0.282 e. The normalized spacial score (nSPS) is 12.0. The van der Waals surface area contributed by atoms with E-state index < -0.39 is 11.7 Å². The van der Waals surface area contributed by atoms with Crippen LogP contribution in [-0.2, 0) is 13.5 Å². The van der Waals surface area contributed by atoms with E-state index in [2.05, 4.69) is 30.1 Å². The van der Waals surface area contributed by atoms with Gasteiger partial charge in [0.05, 0.1) is 15.8 Å². The molecule has 1 aromatic heterocycles. The molecule has 0 fully saturated rings. The minimum Gasteiger partial charge on any atom is -0.319 e. The van der Waals surface area contributed by atoms with Gasteiger partial charge in [-0.3, -0.25) is 4.79 Å². The van der Waals surface area contributed by atoms with Crippen LogP contribution in [0.25, 0.3) is 10.2 Å². The molecule has 0 aliphatic heterocycles. The van der Waals surface area contributed by atoms with Crippen molar-refractivity contribution in [3.05, 3.63) is 64.2 Å². The van der Waals surface area contributed by atoms with Crippen LogP contribution >= 0.6 is 11.3 Å². The van der Waals surface area contributed by atoms with Gasteiger partial charge in [-0.2, -0.15) is 4.99 Å². The van der Waals surface area contributed by atoms with Gasteiger partial charge in [0, 0.05) is 7.05 Å². The van der Waals surface area contributed by atoms with Gasteiger partial charge in [0.2, 0.25) is 0 Å². The summed E-state index contributed by atoms with van der Waals surface area (Å²) < 4.78 is 16.7. The number of rotatable bonds is 4. The predicted molar refractivity (Wildman–Crippen MR) is 95.7 cm³/mol. The number of hydrogen-bond donors (Lipinski definition) is 0. The van der Waals surface area contributed by atoms with E-state index in [1.54, 1.807) is 12.1 Å². The Hall–Kier alpha value is -2.27. The molecule has 3 aromatic rings. The van der Waals surface area contributed by atoms with Crippen LogP contribution in [0, 0.1) is 5.82 Å². The predicted octanol–water partition coefficient (Wildman–Crippen LogP) is 4.46. The van der Waals surface area contributed by atoms with E-state index in [9.17, 15) is 9.18 Å². The van der Waals surface area contributed by atoms with Gasteiger partial charge in [0.25, 0.3) is 5.91 Å². The van der Waals surface area contributed by atoms with Crippen molar-refractivity contribution in [3.63, 3.8) is 0 Å². The molecular formula is C19H19FN2OS. The zero-order chi connectivity index (χ0) is 17.1. The number of fused-ring (bicyclic) bond motifs is 1. The van der Waals surface area contributed by atoms with Gasteiger partial charge in [0.15, 0.2) is 4.80 Å². The largest absolute Gasteiger partial charge is 0.319 e. The van der Waals surface area contributed by atoms with E-state index in [0.29, 0.717) is 4.80 Å². The lowest BCUT2D eigenvalue weighted by Crippen LogP contribution is -2.13. The Bertz CT molecular complexity index is 955. The number of benzene rings is 2. The van der Waals surface area contributed by atoms with Crippen molar-refractivity contribution in [2.45, 2.75) is 26.2 Å². The highest BCUT2D eigenvalue weighted by molar-refractivity contribution is 7.16. The molecule has 0 aliphatic rings. The highest BCUT2D eigenvalue weighted by atomic mass is 32.1. The Morgan fingerprint density at radius 3 is 2.79 bits per heavy atom. The summed E-state index contributed by atoms with van der Waals surface area (Å²) in [7, 11) is 1.87. The molecular weight excluding hydrogens is 323 g/mol. The summed E-state index contributed by atoms with van der Waals surface area (Å²) in [6.45, 7) is 2.18. The molecule has 0 atom stereocenters. The van der Waals surface area contributed by atoms with Crippen molar-refractivity contribution >= 4 is 27.5 Å². The van der Waals surface area contributed by atoms with Crippen molar-refractivity contribution in [1.29, 1.82) is 0 Å². The molecule has 1 heterocycles. The molecule has 0 unspecified atom stereocenters. The summed E-state index contributed by atoms with van der Waals surface area (Å²) in [6, 6.07) is 12.3. The fourth-order valence-corrected chi connectivity index (χ4v) is 3.68. The van der Waals surface area contributed by atoms with Crippen LogP contribution in [0.5, 0.6) is 0 Å². The van der Waals surface area contributed by atoms with Crippen molar-refractivity contribution < 1.29 is 9.18 Å². The summed E-state index contributed by atoms with van der Waals surface area (Å²) in [5, 5.41) is 0. The van der Waals surface area contributed by atoms with E-state index in [0.717, 1.165) is 29.5 Å². The first kappa shape index (κ1) is 16.6. The molecule has 0 saturated carbocycles. The van der Waals surface area contributed by atoms with E-state index in [4.69, 9.17) is 0 Å². The van der Waals surface area contributed by atoms with Crippen molar-refractivity contribution in [3.8, 4) is 0 Å². The third kappa shape index (κ3) is 3.31. The molecule has 0 N–H and O–H groups in total. The minimum atomic E-state index is -0.554. The van der Waals surface area contributed by atoms with Crippen LogP contribution in [0.3, 0.4) is 0 Å². The average Bonchev–Trinajstić information content (AvgIpc) is 2.88. The topological polar surface area (TPSA) is 34.4 Å². The van der Waals surface area contributed by atoms with Crippen molar-refractivity contribution in [1.82, 2.24) is 4.57 Å². The molecule has 0 aliphatic carbocycles. The van der Waals surface area contributed by atoms with Crippen LogP contribution in [0.2, 0.25) is 0 Å². The molecule has 24 heavy (non-hydrogen) atoms. The molecule has 1 amide bonds. The summed E-state index contributed by atoms with van der Waals surface area (Å²) in [5.74, 6) is -1.10. The summed E-state index contributed by atoms with van der Waals surface area (Å²) >= 11 is 1.45. The van der Waals surface area contributed by atoms with Crippen LogP contribution in [-0.4, -0.2) is 10.5 Å². The molecule has 0 saturated heterocycles. The minimum absolute atomic E-state index is 0.00130. The summed E-state index contributed by atoms with van der Waals surface area (Å²) in [4.78, 5) is 17.0. The van der Waals surface area contributed by atoms with Gasteiger partial charge in [-0.15, -0.1) is 0 Å². The Morgan fingerprint density at radius 1 is 1.25 bits per heavy atom. The van der Waals surface area contributed by atoms with E-state index in [-0.39, 0.29) is 5.56 Å². The number of amides is 1. The first-order valence-corrected chi connectivity index (χ1v) is 8.84. The SMILES string of the molecule is CCCCc1ccc2c(c1)sc(=NC(=O)c1ccccc1F)n2C.